The van der Waals surface area contributed by atoms with Crippen molar-refractivity contribution in [2.24, 2.45) is 0 Å². The summed E-state index contributed by atoms with van der Waals surface area (Å²) in [7, 11) is -3.80. The van der Waals surface area contributed by atoms with Gasteiger partial charge in [0.2, 0.25) is 0 Å². The Morgan fingerprint density at radius 2 is 1.95 bits per heavy atom. The molecule has 100 valence electrons. The van der Waals surface area contributed by atoms with Crippen LogP contribution in [0.15, 0.2) is 35.2 Å². The molecular formula is C11H10N2O4S2. The number of carboxylic acid groups (broad SMARTS) is 1. The molecule has 0 aliphatic heterocycles. The lowest BCUT2D eigenvalue weighted by Crippen LogP contribution is -2.14. The number of sulfonamides is 1. The SMILES string of the molecule is Cc1nsc(NS(=O)(=O)c2ccccc2)c1C(=O)O. The van der Waals surface area contributed by atoms with Gasteiger partial charge in [-0.25, -0.2) is 13.2 Å². The molecule has 0 bridgehead atoms. The van der Waals surface area contributed by atoms with Crippen LogP contribution in [-0.2, 0) is 10.0 Å². The van der Waals surface area contributed by atoms with E-state index in [0.717, 1.165) is 11.5 Å². The molecule has 0 amide bonds. The Balaban J connectivity index is 2.40. The molecule has 0 spiro atoms. The van der Waals surface area contributed by atoms with Crippen molar-refractivity contribution >= 4 is 32.5 Å². The number of hydrogen-bond donors (Lipinski definition) is 2. The minimum atomic E-state index is -3.80. The number of carbonyl (C=O) groups is 1. The smallest absolute Gasteiger partial charge is 0.340 e. The van der Waals surface area contributed by atoms with Gasteiger partial charge in [0.25, 0.3) is 10.0 Å². The van der Waals surface area contributed by atoms with E-state index in [9.17, 15) is 13.2 Å². The Hall–Kier alpha value is -1.93. The van der Waals surface area contributed by atoms with Gasteiger partial charge in [0, 0.05) is 0 Å². The first-order valence-electron chi connectivity index (χ1n) is 5.19. The van der Waals surface area contributed by atoms with Gasteiger partial charge in [0.1, 0.15) is 10.6 Å². The third-order valence-electron chi connectivity index (χ3n) is 2.36. The molecule has 0 atom stereocenters. The van der Waals surface area contributed by atoms with Crippen molar-refractivity contribution in [3.63, 3.8) is 0 Å². The fourth-order valence-electron chi connectivity index (χ4n) is 1.47. The Labute approximate surface area is 113 Å². The van der Waals surface area contributed by atoms with Crippen molar-refractivity contribution < 1.29 is 18.3 Å². The van der Waals surface area contributed by atoms with Crippen LogP contribution in [-0.4, -0.2) is 23.9 Å². The van der Waals surface area contributed by atoms with Crippen molar-refractivity contribution in [3.8, 4) is 0 Å². The lowest BCUT2D eigenvalue weighted by Gasteiger charge is -2.06. The number of hydrogen-bond acceptors (Lipinski definition) is 5. The van der Waals surface area contributed by atoms with Gasteiger partial charge in [-0.05, 0) is 30.6 Å². The first kappa shape index (κ1) is 13.5. The highest BCUT2D eigenvalue weighted by atomic mass is 32.2. The monoisotopic (exact) mass is 298 g/mol. The van der Waals surface area contributed by atoms with Crippen LogP contribution in [0.25, 0.3) is 0 Å². The summed E-state index contributed by atoms with van der Waals surface area (Å²) >= 11 is 0.805. The Bertz CT molecular complexity index is 708. The Morgan fingerprint density at radius 1 is 1.32 bits per heavy atom. The van der Waals surface area contributed by atoms with Gasteiger partial charge in [-0.1, -0.05) is 18.2 Å². The van der Waals surface area contributed by atoms with E-state index in [1.165, 1.54) is 19.1 Å². The number of aromatic nitrogens is 1. The second kappa shape index (κ2) is 4.98. The van der Waals surface area contributed by atoms with E-state index >= 15 is 0 Å². The van der Waals surface area contributed by atoms with Gasteiger partial charge in [-0.2, -0.15) is 4.37 Å². The topological polar surface area (TPSA) is 96.4 Å². The minimum absolute atomic E-state index is 0.00820. The van der Waals surface area contributed by atoms with Gasteiger partial charge >= 0.3 is 5.97 Å². The van der Waals surface area contributed by atoms with Gasteiger partial charge in [-0.15, -0.1) is 0 Å². The molecule has 6 nitrogen and oxygen atoms in total. The molecule has 1 aromatic heterocycles. The maximum absolute atomic E-state index is 12.1. The molecule has 0 unspecified atom stereocenters. The fraction of sp³-hybridized carbons (Fsp3) is 0.0909. The first-order valence-corrected chi connectivity index (χ1v) is 7.45. The number of rotatable bonds is 4. The second-order valence-corrected chi connectivity index (χ2v) is 6.15. The van der Waals surface area contributed by atoms with Crippen LogP contribution in [0.2, 0.25) is 0 Å². The summed E-state index contributed by atoms with van der Waals surface area (Å²) in [6.45, 7) is 1.51. The van der Waals surface area contributed by atoms with Crippen LogP contribution in [0.1, 0.15) is 16.1 Å². The van der Waals surface area contributed by atoms with Crippen molar-refractivity contribution in [3.05, 3.63) is 41.6 Å². The molecule has 19 heavy (non-hydrogen) atoms. The number of aryl methyl sites for hydroxylation is 1. The summed E-state index contributed by atoms with van der Waals surface area (Å²) in [5.41, 5.74) is 0.160. The van der Waals surface area contributed by atoms with E-state index in [-0.39, 0.29) is 21.2 Å². The van der Waals surface area contributed by atoms with Crippen molar-refractivity contribution in [1.82, 2.24) is 4.37 Å². The van der Waals surface area contributed by atoms with E-state index in [4.69, 9.17) is 5.11 Å². The Kier molecular flexibility index (Phi) is 3.54. The van der Waals surface area contributed by atoms with Crippen LogP contribution in [0.5, 0.6) is 0 Å². The normalized spacial score (nSPS) is 11.2. The maximum Gasteiger partial charge on any atom is 0.340 e. The van der Waals surface area contributed by atoms with Crippen LogP contribution in [0.3, 0.4) is 0 Å². The van der Waals surface area contributed by atoms with E-state index in [2.05, 4.69) is 9.10 Å². The summed E-state index contributed by atoms with van der Waals surface area (Å²) in [5.74, 6) is -1.21. The van der Waals surface area contributed by atoms with Crippen LogP contribution >= 0.6 is 11.5 Å². The van der Waals surface area contributed by atoms with Crippen molar-refractivity contribution in [2.75, 3.05) is 4.72 Å². The zero-order valence-electron chi connectivity index (χ0n) is 9.82. The number of nitrogens with one attached hydrogen (secondary N) is 1. The molecule has 1 aromatic carbocycles. The van der Waals surface area contributed by atoms with E-state index in [1.807, 2.05) is 0 Å². The average Bonchev–Trinajstić information content (AvgIpc) is 2.71. The minimum Gasteiger partial charge on any atom is -0.478 e. The van der Waals surface area contributed by atoms with Crippen LogP contribution in [0.4, 0.5) is 5.00 Å². The molecule has 2 N–H and O–H groups in total. The molecule has 2 rings (SSSR count). The predicted octanol–water partition coefficient (Wildman–Crippen LogP) is 1.95. The zero-order valence-corrected chi connectivity index (χ0v) is 11.5. The highest BCUT2D eigenvalue weighted by Crippen LogP contribution is 2.27. The molecule has 0 fully saturated rings. The highest BCUT2D eigenvalue weighted by molar-refractivity contribution is 7.93. The molecule has 8 heteroatoms. The van der Waals surface area contributed by atoms with E-state index in [1.54, 1.807) is 18.2 Å². The predicted molar refractivity (Wildman–Crippen MR) is 71.1 cm³/mol. The van der Waals surface area contributed by atoms with Gasteiger partial charge in [0.05, 0.1) is 10.6 Å². The lowest BCUT2D eigenvalue weighted by atomic mass is 10.2. The lowest BCUT2D eigenvalue weighted by molar-refractivity contribution is 0.0697. The number of benzene rings is 1. The van der Waals surface area contributed by atoms with Gasteiger partial charge in [0.15, 0.2) is 0 Å². The molecule has 2 aromatic rings. The second-order valence-electron chi connectivity index (χ2n) is 3.70. The molecule has 0 saturated carbocycles. The van der Waals surface area contributed by atoms with Crippen molar-refractivity contribution in [1.29, 1.82) is 0 Å². The zero-order chi connectivity index (χ0) is 14.0. The van der Waals surface area contributed by atoms with Crippen LogP contribution in [0, 0.1) is 6.92 Å². The third kappa shape index (κ3) is 2.74. The van der Waals surface area contributed by atoms with Gasteiger partial charge < -0.3 is 5.11 Å². The van der Waals surface area contributed by atoms with E-state index in [0.29, 0.717) is 0 Å². The number of carboxylic acids is 1. The number of nitrogens with zero attached hydrogens (tertiary/aromatic N) is 1. The van der Waals surface area contributed by atoms with Crippen molar-refractivity contribution in [2.45, 2.75) is 11.8 Å². The van der Waals surface area contributed by atoms with E-state index < -0.39 is 16.0 Å². The summed E-state index contributed by atoms with van der Waals surface area (Å²) in [4.78, 5) is 11.1. The largest absolute Gasteiger partial charge is 0.478 e. The van der Waals surface area contributed by atoms with Gasteiger partial charge in [-0.3, -0.25) is 4.72 Å². The first-order chi connectivity index (χ1) is 8.92. The summed E-state index contributed by atoms with van der Waals surface area (Å²) in [6.07, 6.45) is 0. The fourth-order valence-corrected chi connectivity index (χ4v) is 3.58. The Morgan fingerprint density at radius 3 is 2.53 bits per heavy atom. The molecule has 0 aliphatic rings. The summed E-state index contributed by atoms with van der Waals surface area (Å²) in [6, 6.07) is 7.72. The molecule has 0 aliphatic carbocycles. The average molecular weight is 298 g/mol. The molecule has 0 radical (unpaired) electrons. The summed E-state index contributed by atoms with van der Waals surface area (Å²) < 4.78 is 30.2. The molecule has 0 saturated heterocycles. The quantitative estimate of drug-likeness (QED) is 0.899. The standard InChI is InChI=1S/C11H10N2O4S2/c1-7-9(11(14)15)10(18-12-7)13-19(16,17)8-5-3-2-4-6-8/h2-6,13H,1H3,(H,14,15). The number of aromatic carboxylic acids is 1. The molecular weight excluding hydrogens is 288 g/mol. The summed E-state index contributed by atoms with van der Waals surface area (Å²) in [5, 5.41) is 9.04. The molecule has 1 heterocycles. The third-order valence-corrected chi connectivity index (χ3v) is 4.71. The highest BCUT2D eigenvalue weighted by Gasteiger charge is 2.22. The van der Waals surface area contributed by atoms with Crippen LogP contribution < -0.4 is 4.72 Å². The number of anilines is 1. The maximum atomic E-state index is 12.1.